The normalized spacial score (nSPS) is 9.40. The molecule has 3 heteroatoms. The zero-order valence-electron chi connectivity index (χ0n) is 5.67. The lowest BCUT2D eigenvalue weighted by Gasteiger charge is -1.98. The van der Waals surface area contributed by atoms with Crippen molar-refractivity contribution in [2.75, 3.05) is 0 Å². The predicted octanol–water partition coefficient (Wildman–Crippen LogP) is 1.61. The van der Waals surface area contributed by atoms with Gasteiger partial charge in [-0.25, -0.2) is 0 Å². The number of halogens is 1. The molecule has 1 aromatic carbocycles. The minimum atomic E-state index is 1.14. The molecule has 10 heavy (non-hydrogen) atoms. The maximum absolute atomic E-state index is 4.85. The maximum Gasteiger partial charge on any atom is 0.347 e. The van der Waals surface area contributed by atoms with Crippen molar-refractivity contribution in [1.82, 2.24) is 0 Å². The van der Waals surface area contributed by atoms with Crippen LogP contribution >= 0.6 is 23.0 Å². The van der Waals surface area contributed by atoms with Crippen LogP contribution in [0.5, 0.6) is 0 Å². The molecule has 0 N–H and O–H groups in total. The summed E-state index contributed by atoms with van der Waals surface area (Å²) in [6.45, 7) is 2.06. The van der Waals surface area contributed by atoms with Crippen LogP contribution in [-0.4, -0.2) is 7.48 Å². The topological polar surface area (TPSA) is 9.23 Å². The molecule has 0 aliphatic heterocycles. The van der Waals surface area contributed by atoms with Crippen molar-refractivity contribution < 1.29 is 2.98 Å². The van der Waals surface area contributed by atoms with E-state index in [0.29, 0.717) is 0 Å². The molecule has 0 fully saturated rings. The van der Waals surface area contributed by atoms with Crippen LogP contribution in [0, 0.1) is 6.92 Å². The minimum absolute atomic E-state index is 1.14. The highest BCUT2D eigenvalue weighted by molar-refractivity contribution is 14.1. The van der Waals surface area contributed by atoms with E-state index in [0.717, 1.165) is 5.46 Å². The van der Waals surface area contributed by atoms with Gasteiger partial charge in [0.2, 0.25) is 0 Å². The van der Waals surface area contributed by atoms with Crippen LogP contribution in [-0.2, 0) is 2.98 Å². The summed E-state index contributed by atoms with van der Waals surface area (Å²) in [5.74, 6) is 0. The van der Waals surface area contributed by atoms with Gasteiger partial charge in [0.15, 0.2) is 0 Å². The van der Waals surface area contributed by atoms with E-state index in [1.54, 1.807) is 7.48 Å². The van der Waals surface area contributed by atoms with Gasteiger partial charge in [-0.1, -0.05) is 29.8 Å². The fourth-order valence-corrected chi connectivity index (χ4v) is 1.04. The molecule has 0 unspecified atom stereocenters. The largest absolute Gasteiger partial charge is 0.377 e. The second kappa shape index (κ2) is 3.98. The monoisotopic (exact) mass is 245 g/mol. The molecule has 0 bridgehead atoms. The third kappa shape index (κ3) is 1.99. The van der Waals surface area contributed by atoms with E-state index in [1.165, 1.54) is 5.56 Å². The maximum atomic E-state index is 4.85. The molecule has 0 heterocycles. The second-order valence-electron chi connectivity index (χ2n) is 2.06. The Kier molecular flexibility index (Phi) is 3.21. The Morgan fingerprint density at radius 3 is 2.70 bits per heavy atom. The number of hydrogen-bond donors (Lipinski definition) is 0. The fourth-order valence-electron chi connectivity index (χ4n) is 0.767. The van der Waals surface area contributed by atoms with Crippen molar-refractivity contribution in [3.05, 3.63) is 29.8 Å². The minimum Gasteiger partial charge on any atom is -0.377 e. The molecule has 1 nitrogen and oxygen atoms in total. The van der Waals surface area contributed by atoms with Gasteiger partial charge in [-0.3, -0.25) is 0 Å². The molecule has 0 spiro atoms. The molecule has 0 aliphatic rings. The number of hydrogen-bond acceptors (Lipinski definition) is 1. The smallest absolute Gasteiger partial charge is 0.347 e. The van der Waals surface area contributed by atoms with E-state index < -0.39 is 0 Å². The van der Waals surface area contributed by atoms with E-state index in [4.69, 9.17) is 2.98 Å². The highest BCUT2D eigenvalue weighted by atomic mass is 127. The van der Waals surface area contributed by atoms with Gasteiger partial charge in [0.25, 0.3) is 0 Å². The molecule has 0 aliphatic carbocycles. The Hall–Kier alpha value is -0.0251. The molecule has 0 aromatic heterocycles. The summed E-state index contributed by atoms with van der Waals surface area (Å²) in [6.07, 6.45) is 0. The SMILES string of the molecule is Cc1ccccc1[B]OI. The van der Waals surface area contributed by atoms with Crippen LogP contribution in [0.25, 0.3) is 0 Å². The van der Waals surface area contributed by atoms with Crippen molar-refractivity contribution in [1.29, 1.82) is 0 Å². The molecular weight excluding hydrogens is 238 g/mol. The summed E-state index contributed by atoms with van der Waals surface area (Å²) >= 11 is 1.85. The number of aryl methyl sites for hydroxylation is 1. The summed E-state index contributed by atoms with van der Waals surface area (Å²) in [7, 11) is 1.73. The van der Waals surface area contributed by atoms with Gasteiger partial charge in [-0.2, -0.15) is 0 Å². The second-order valence-corrected chi connectivity index (χ2v) is 2.57. The van der Waals surface area contributed by atoms with Gasteiger partial charge in [0.05, 0.1) is 23.0 Å². The predicted molar refractivity (Wildman–Crippen MR) is 51.7 cm³/mol. The molecule has 1 rings (SSSR count). The zero-order chi connectivity index (χ0) is 7.40. The summed E-state index contributed by atoms with van der Waals surface area (Å²) in [5, 5.41) is 0. The van der Waals surface area contributed by atoms with Crippen molar-refractivity contribution in [2.24, 2.45) is 0 Å². The van der Waals surface area contributed by atoms with Gasteiger partial charge < -0.3 is 2.98 Å². The highest BCUT2D eigenvalue weighted by Crippen LogP contribution is 1.93. The molecule has 0 amide bonds. The van der Waals surface area contributed by atoms with Crippen LogP contribution < -0.4 is 5.46 Å². The lowest BCUT2D eigenvalue weighted by molar-refractivity contribution is 0.791. The Morgan fingerprint density at radius 1 is 1.40 bits per heavy atom. The van der Waals surface area contributed by atoms with E-state index in [-0.39, 0.29) is 0 Å². The van der Waals surface area contributed by atoms with E-state index in [9.17, 15) is 0 Å². The first kappa shape index (κ1) is 8.08. The Labute approximate surface area is 75.7 Å². The van der Waals surface area contributed by atoms with Crippen LogP contribution in [0.15, 0.2) is 24.3 Å². The first-order chi connectivity index (χ1) is 4.84. The summed E-state index contributed by atoms with van der Waals surface area (Å²) in [4.78, 5) is 0. The Balaban J connectivity index is 2.81. The molecule has 1 radical (unpaired) electrons. The van der Waals surface area contributed by atoms with Gasteiger partial charge in [0, 0.05) is 0 Å². The number of rotatable bonds is 2. The Morgan fingerprint density at radius 2 is 2.10 bits per heavy atom. The molecule has 0 atom stereocenters. The van der Waals surface area contributed by atoms with Gasteiger partial charge in [-0.05, 0) is 12.4 Å². The fraction of sp³-hybridized carbons (Fsp3) is 0.143. The summed E-state index contributed by atoms with van der Waals surface area (Å²) < 4.78 is 4.85. The third-order valence-corrected chi connectivity index (χ3v) is 1.61. The van der Waals surface area contributed by atoms with Crippen molar-refractivity contribution in [3.8, 4) is 0 Å². The van der Waals surface area contributed by atoms with Crippen LogP contribution in [0.2, 0.25) is 0 Å². The average molecular weight is 245 g/mol. The quantitative estimate of drug-likeness (QED) is 0.568. The average Bonchev–Trinajstić information content (AvgIpc) is 1.94. The van der Waals surface area contributed by atoms with Crippen LogP contribution in [0.4, 0.5) is 0 Å². The van der Waals surface area contributed by atoms with E-state index >= 15 is 0 Å². The molecule has 1 aromatic rings. The lowest BCUT2D eigenvalue weighted by atomic mass is 9.85. The standard InChI is InChI=1S/C7H7BIO/c1-6-4-2-3-5-7(6)8-10-9/h2-5H,1H3. The van der Waals surface area contributed by atoms with Gasteiger partial charge >= 0.3 is 7.48 Å². The highest BCUT2D eigenvalue weighted by Gasteiger charge is 1.97. The number of benzene rings is 1. The Bertz CT molecular complexity index is 215. The van der Waals surface area contributed by atoms with Gasteiger partial charge in [0.1, 0.15) is 0 Å². The molecule has 0 saturated heterocycles. The summed E-state index contributed by atoms with van der Waals surface area (Å²) in [6, 6.07) is 8.09. The zero-order valence-corrected chi connectivity index (χ0v) is 7.83. The van der Waals surface area contributed by atoms with Crippen molar-refractivity contribution in [3.63, 3.8) is 0 Å². The molecular formula is C7H7BIO. The van der Waals surface area contributed by atoms with E-state index in [1.807, 2.05) is 41.2 Å². The first-order valence-electron chi connectivity index (χ1n) is 3.01. The molecule has 0 saturated carbocycles. The van der Waals surface area contributed by atoms with Crippen LogP contribution in [0.3, 0.4) is 0 Å². The first-order valence-corrected chi connectivity index (χ1v) is 3.89. The summed E-state index contributed by atoms with van der Waals surface area (Å²) in [5.41, 5.74) is 2.37. The van der Waals surface area contributed by atoms with Crippen LogP contribution in [0.1, 0.15) is 5.56 Å². The lowest BCUT2D eigenvalue weighted by Crippen LogP contribution is -2.16. The van der Waals surface area contributed by atoms with Crippen molar-refractivity contribution in [2.45, 2.75) is 6.92 Å². The third-order valence-electron chi connectivity index (χ3n) is 1.36. The molecule has 51 valence electrons. The van der Waals surface area contributed by atoms with Gasteiger partial charge in [-0.15, -0.1) is 0 Å². The van der Waals surface area contributed by atoms with Crippen molar-refractivity contribution >= 4 is 36.0 Å². The van der Waals surface area contributed by atoms with E-state index in [2.05, 4.69) is 13.0 Å².